The van der Waals surface area contributed by atoms with E-state index in [-0.39, 0.29) is 18.2 Å². The molecule has 1 aliphatic carbocycles. The SMILES string of the molecule is C=CC1=C[C@@H](N2CCc3cncnc32)[C@@H]2OC(C)(C)O[C@H]12. The second kappa shape index (κ2) is 4.39. The van der Waals surface area contributed by atoms with Gasteiger partial charge in [0, 0.05) is 18.3 Å². The summed E-state index contributed by atoms with van der Waals surface area (Å²) in [5, 5.41) is 0. The highest BCUT2D eigenvalue weighted by Crippen LogP contribution is 2.42. The molecule has 110 valence electrons. The second-order valence-electron chi connectivity index (χ2n) is 6.20. The van der Waals surface area contributed by atoms with Gasteiger partial charge in [0.05, 0.1) is 6.04 Å². The summed E-state index contributed by atoms with van der Waals surface area (Å²) in [4.78, 5) is 10.9. The average molecular weight is 285 g/mol. The van der Waals surface area contributed by atoms with E-state index in [0.717, 1.165) is 24.4 Å². The summed E-state index contributed by atoms with van der Waals surface area (Å²) in [6, 6.07) is 0.140. The maximum Gasteiger partial charge on any atom is 0.164 e. The molecule has 0 bridgehead atoms. The molecule has 4 rings (SSSR count). The number of ether oxygens (including phenoxy) is 2. The minimum Gasteiger partial charge on any atom is -0.347 e. The van der Waals surface area contributed by atoms with E-state index >= 15 is 0 Å². The Morgan fingerprint density at radius 2 is 2.29 bits per heavy atom. The van der Waals surface area contributed by atoms with Crippen molar-refractivity contribution in [3.05, 3.63) is 42.4 Å². The van der Waals surface area contributed by atoms with Gasteiger partial charge in [-0.1, -0.05) is 18.7 Å². The number of aromatic nitrogens is 2. The first-order valence-electron chi connectivity index (χ1n) is 7.34. The molecule has 21 heavy (non-hydrogen) atoms. The summed E-state index contributed by atoms with van der Waals surface area (Å²) in [5.74, 6) is 0.466. The molecule has 0 aromatic carbocycles. The summed E-state index contributed by atoms with van der Waals surface area (Å²) in [6.07, 6.45) is 8.53. The van der Waals surface area contributed by atoms with Crippen molar-refractivity contribution in [3.63, 3.8) is 0 Å². The van der Waals surface area contributed by atoms with Crippen molar-refractivity contribution in [1.29, 1.82) is 0 Å². The lowest BCUT2D eigenvalue weighted by atomic mass is 10.1. The highest BCUT2D eigenvalue weighted by Gasteiger charge is 2.51. The van der Waals surface area contributed by atoms with Crippen LogP contribution < -0.4 is 4.90 Å². The van der Waals surface area contributed by atoms with Crippen LogP contribution in [0.3, 0.4) is 0 Å². The Labute approximate surface area is 124 Å². The van der Waals surface area contributed by atoms with E-state index in [1.54, 1.807) is 6.33 Å². The van der Waals surface area contributed by atoms with Crippen molar-refractivity contribution in [1.82, 2.24) is 9.97 Å². The first kappa shape index (κ1) is 13.0. The van der Waals surface area contributed by atoms with Gasteiger partial charge < -0.3 is 14.4 Å². The van der Waals surface area contributed by atoms with Gasteiger partial charge in [-0.3, -0.25) is 0 Å². The zero-order valence-corrected chi connectivity index (χ0v) is 12.3. The maximum atomic E-state index is 6.14. The molecule has 5 heteroatoms. The number of fused-ring (bicyclic) bond motifs is 2. The molecule has 5 nitrogen and oxygen atoms in total. The molecule has 0 radical (unpaired) electrons. The normalized spacial score (nSPS) is 32.8. The fraction of sp³-hybridized carbons (Fsp3) is 0.500. The average Bonchev–Trinajstić information content (AvgIpc) is 3.09. The second-order valence-corrected chi connectivity index (χ2v) is 6.20. The first-order chi connectivity index (χ1) is 10.1. The van der Waals surface area contributed by atoms with Crippen molar-refractivity contribution in [2.24, 2.45) is 0 Å². The molecule has 0 saturated carbocycles. The van der Waals surface area contributed by atoms with Crippen molar-refractivity contribution in [2.75, 3.05) is 11.4 Å². The quantitative estimate of drug-likeness (QED) is 0.830. The van der Waals surface area contributed by atoms with E-state index in [2.05, 4.69) is 27.5 Å². The van der Waals surface area contributed by atoms with Gasteiger partial charge >= 0.3 is 0 Å². The van der Waals surface area contributed by atoms with Crippen LogP contribution >= 0.6 is 0 Å². The highest BCUT2D eigenvalue weighted by atomic mass is 16.8. The maximum absolute atomic E-state index is 6.14. The largest absolute Gasteiger partial charge is 0.347 e. The Balaban J connectivity index is 1.70. The molecule has 0 N–H and O–H groups in total. The summed E-state index contributed by atoms with van der Waals surface area (Å²) in [5.41, 5.74) is 2.31. The van der Waals surface area contributed by atoms with Crippen LogP contribution in [0.2, 0.25) is 0 Å². The standard InChI is InChI=1S/C16H19N3O2/c1-4-10-7-12(14-13(10)20-16(2,3)21-14)19-6-5-11-8-17-9-18-15(11)19/h4,7-9,12-14H,1,5-6H2,2-3H3/t12-,13-,14+/m1/s1. The Morgan fingerprint density at radius 3 is 3.10 bits per heavy atom. The third-order valence-corrected chi connectivity index (χ3v) is 4.41. The molecule has 3 atom stereocenters. The van der Waals surface area contributed by atoms with Crippen LogP contribution in [0.4, 0.5) is 5.82 Å². The van der Waals surface area contributed by atoms with Gasteiger partial charge in [0.15, 0.2) is 5.79 Å². The van der Waals surface area contributed by atoms with Crippen molar-refractivity contribution in [2.45, 2.75) is 44.3 Å². The number of anilines is 1. The zero-order chi connectivity index (χ0) is 14.6. The summed E-state index contributed by atoms with van der Waals surface area (Å²) >= 11 is 0. The summed E-state index contributed by atoms with van der Waals surface area (Å²) < 4.78 is 12.2. The number of rotatable bonds is 2. The Bertz CT molecular complexity index is 626. The fourth-order valence-corrected chi connectivity index (χ4v) is 3.56. The molecule has 3 aliphatic rings. The van der Waals surface area contributed by atoms with Crippen molar-refractivity contribution >= 4 is 5.82 Å². The van der Waals surface area contributed by atoms with Crippen LogP contribution in [-0.4, -0.2) is 40.5 Å². The van der Waals surface area contributed by atoms with Crippen LogP contribution in [0, 0.1) is 0 Å². The first-order valence-corrected chi connectivity index (χ1v) is 7.34. The van der Waals surface area contributed by atoms with E-state index in [1.807, 2.05) is 26.1 Å². The third kappa shape index (κ3) is 1.92. The molecule has 1 saturated heterocycles. The minimum atomic E-state index is -0.551. The fourth-order valence-electron chi connectivity index (χ4n) is 3.56. The lowest BCUT2D eigenvalue weighted by molar-refractivity contribution is -0.145. The Hall–Kier alpha value is -1.72. The van der Waals surface area contributed by atoms with E-state index < -0.39 is 5.79 Å². The molecule has 0 spiro atoms. The molecule has 2 aliphatic heterocycles. The molecule has 0 amide bonds. The lowest BCUT2D eigenvalue weighted by Gasteiger charge is -2.29. The molecule has 1 aromatic rings. The molecule has 3 heterocycles. The van der Waals surface area contributed by atoms with Gasteiger partial charge in [0.2, 0.25) is 0 Å². The van der Waals surface area contributed by atoms with Gasteiger partial charge in [-0.05, 0) is 25.8 Å². The minimum absolute atomic E-state index is 0.00563. The van der Waals surface area contributed by atoms with Crippen LogP contribution in [0.25, 0.3) is 0 Å². The topological polar surface area (TPSA) is 47.5 Å². The van der Waals surface area contributed by atoms with Crippen LogP contribution in [0.5, 0.6) is 0 Å². The number of hydrogen-bond donors (Lipinski definition) is 0. The van der Waals surface area contributed by atoms with Crippen molar-refractivity contribution in [3.8, 4) is 0 Å². The molecule has 1 aromatic heterocycles. The molecule has 0 unspecified atom stereocenters. The molecular weight excluding hydrogens is 266 g/mol. The summed E-state index contributed by atoms with van der Waals surface area (Å²) in [7, 11) is 0. The highest BCUT2D eigenvalue weighted by molar-refractivity contribution is 5.55. The molecule has 1 fully saturated rings. The van der Waals surface area contributed by atoms with Gasteiger partial charge in [0.1, 0.15) is 24.4 Å². The van der Waals surface area contributed by atoms with Gasteiger partial charge in [-0.25, -0.2) is 9.97 Å². The van der Waals surface area contributed by atoms with Crippen molar-refractivity contribution < 1.29 is 9.47 Å². The smallest absolute Gasteiger partial charge is 0.164 e. The monoisotopic (exact) mass is 285 g/mol. The third-order valence-electron chi connectivity index (χ3n) is 4.41. The van der Waals surface area contributed by atoms with E-state index in [9.17, 15) is 0 Å². The number of hydrogen-bond acceptors (Lipinski definition) is 5. The summed E-state index contributed by atoms with van der Waals surface area (Å²) in [6.45, 7) is 8.77. The van der Waals surface area contributed by atoms with Gasteiger partial charge in [0.25, 0.3) is 0 Å². The van der Waals surface area contributed by atoms with Crippen LogP contribution in [0.1, 0.15) is 19.4 Å². The predicted molar refractivity (Wildman–Crippen MR) is 79.0 cm³/mol. The van der Waals surface area contributed by atoms with Crippen LogP contribution in [0.15, 0.2) is 36.8 Å². The van der Waals surface area contributed by atoms with E-state index in [1.165, 1.54) is 5.56 Å². The molecular formula is C16H19N3O2. The zero-order valence-electron chi connectivity index (χ0n) is 12.3. The number of nitrogens with zero attached hydrogens (tertiary/aromatic N) is 3. The van der Waals surface area contributed by atoms with E-state index in [4.69, 9.17) is 9.47 Å². The Morgan fingerprint density at radius 1 is 1.43 bits per heavy atom. The van der Waals surface area contributed by atoms with Crippen LogP contribution in [-0.2, 0) is 15.9 Å². The van der Waals surface area contributed by atoms with Gasteiger partial charge in [-0.15, -0.1) is 0 Å². The van der Waals surface area contributed by atoms with E-state index in [0.29, 0.717) is 0 Å². The van der Waals surface area contributed by atoms with Gasteiger partial charge in [-0.2, -0.15) is 0 Å². The predicted octanol–water partition coefficient (Wildman–Crippen LogP) is 1.85. The Kier molecular flexibility index (Phi) is 2.71. The lowest BCUT2D eigenvalue weighted by Crippen LogP contribution is -2.43.